The van der Waals surface area contributed by atoms with Gasteiger partial charge >= 0.3 is 0 Å². The molecule has 6 heteroatoms. The van der Waals surface area contributed by atoms with E-state index in [1.807, 2.05) is 25.1 Å². The first-order chi connectivity index (χ1) is 11.0. The Bertz CT molecular complexity index is 865. The third kappa shape index (κ3) is 4.54. The van der Waals surface area contributed by atoms with Crippen molar-refractivity contribution in [1.29, 1.82) is 0 Å². The van der Waals surface area contributed by atoms with E-state index >= 15 is 0 Å². The predicted molar refractivity (Wildman–Crippen MR) is 103 cm³/mol. The Kier molecular flexibility index (Phi) is 6.15. The molecule has 23 heavy (non-hydrogen) atoms. The molecule has 1 heterocycles. The van der Waals surface area contributed by atoms with Crippen molar-refractivity contribution in [3.8, 4) is 0 Å². The Morgan fingerprint density at radius 1 is 1.52 bits per heavy atom. The van der Waals surface area contributed by atoms with Gasteiger partial charge in [0.25, 0.3) is 0 Å². The number of nitrogens with one attached hydrogen (secondary N) is 2. The van der Waals surface area contributed by atoms with Crippen LogP contribution in [0.1, 0.15) is 25.3 Å². The molecule has 0 aliphatic heterocycles. The standard InChI is InChI=1S/C17H21N3OS2/c1-4-12(6-5-7-16-11(2)19-17(22)23-16)14-10-13(20-21-3)8-9-15(14)18/h4,7-10,20H,2,5-6,18H2,1,3H3,(H,19,22)/b12-4+,16-7-. The predicted octanol–water partition coefficient (Wildman–Crippen LogP) is 3.44. The minimum Gasteiger partial charge on any atom is -0.398 e. The van der Waals surface area contributed by atoms with Crippen LogP contribution in [0.5, 0.6) is 0 Å². The van der Waals surface area contributed by atoms with E-state index in [1.54, 1.807) is 18.4 Å². The van der Waals surface area contributed by atoms with Gasteiger partial charge in [-0.25, -0.2) is 0 Å². The molecular formula is C17H21N3OS2. The maximum Gasteiger partial charge on any atom is 0.159 e. The lowest BCUT2D eigenvalue weighted by atomic mass is 9.98. The molecular weight excluding hydrogens is 326 g/mol. The maximum atomic E-state index is 6.13. The molecule has 0 spiro atoms. The first kappa shape index (κ1) is 17.5. The summed E-state index contributed by atoms with van der Waals surface area (Å²) in [6.45, 7) is 5.99. The van der Waals surface area contributed by atoms with Crippen LogP contribution in [0.15, 0.2) is 24.3 Å². The quantitative estimate of drug-likeness (QED) is 0.425. The number of anilines is 2. The van der Waals surface area contributed by atoms with Crippen molar-refractivity contribution in [3.63, 3.8) is 0 Å². The summed E-state index contributed by atoms with van der Waals surface area (Å²) in [5.41, 5.74) is 12.8. The lowest BCUT2D eigenvalue weighted by Gasteiger charge is -2.12. The number of rotatable bonds is 6. The Morgan fingerprint density at radius 3 is 2.91 bits per heavy atom. The minimum atomic E-state index is 0.759. The molecule has 1 aromatic carbocycles. The van der Waals surface area contributed by atoms with Gasteiger partial charge < -0.3 is 10.7 Å². The highest BCUT2D eigenvalue weighted by Crippen LogP contribution is 2.28. The molecule has 0 aliphatic carbocycles. The molecule has 0 amide bonds. The van der Waals surface area contributed by atoms with E-state index in [-0.39, 0.29) is 0 Å². The van der Waals surface area contributed by atoms with Gasteiger partial charge in [0, 0.05) is 21.1 Å². The number of H-pyrrole nitrogens is 1. The molecule has 0 atom stereocenters. The van der Waals surface area contributed by atoms with Crippen molar-refractivity contribution in [2.24, 2.45) is 0 Å². The van der Waals surface area contributed by atoms with E-state index in [9.17, 15) is 0 Å². The fraction of sp³-hybridized carbons (Fsp3) is 0.235. The summed E-state index contributed by atoms with van der Waals surface area (Å²) >= 11 is 6.69. The van der Waals surface area contributed by atoms with Gasteiger partial charge in [-0.05, 0) is 55.8 Å². The highest BCUT2D eigenvalue weighted by atomic mass is 32.1. The van der Waals surface area contributed by atoms with Crippen molar-refractivity contribution in [1.82, 2.24) is 4.98 Å². The molecule has 2 rings (SSSR count). The third-order valence-electron chi connectivity index (χ3n) is 3.46. The Labute approximate surface area is 145 Å². The molecule has 0 fully saturated rings. The van der Waals surface area contributed by atoms with E-state index in [2.05, 4.69) is 29.2 Å². The fourth-order valence-electron chi connectivity index (χ4n) is 2.35. The average molecular weight is 348 g/mol. The van der Waals surface area contributed by atoms with E-state index in [0.717, 1.165) is 43.6 Å². The van der Waals surface area contributed by atoms with E-state index in [1.165, 1.54) is 5.57 Å². The van der Waals surface area contributed by atoms with Crippen LogP contribution in [0.25, 0.3) is 18.2 Å². The largest absolute Gasteiger partial charge is 0.398 e. The van der Waals surface area contributed by atoms with E-state index in [4.69, 9.17) is 22.8 Å². The van der Waals surface area contributed by atoms with Gasteiger partial charge in [-0.2, -0.15) is 0 Å². The highest BCUT2D eigenvalue weighted by Gasteiger charge is 2.06. The van der Waals surface area contributed by atoms with Gasteiger partial charge in [0.2, 0.25) is 0 Å². The van der Waals surface area contributed by atoms with Crippen LogP contribution in [-0.2, 0) is 4.84 Å². The highest BCUT2D eigenvalue weighted by molar-refractivity contribution is 7.73. The van der Waals surface area contributed by atoms with Crippen molar-refractivity contribution in [3.05, 3.63) is 43.7 Å². The topological polar surface area (TPSA) is 63.1 Å². The van der Waals surface area contributed by atoms with Crippen molar-refractivity contribution < 1.29 is 4.84 Å². The molecule has 4 nitrogen and oxygen atoms in total. The van der Waals surface area contributed by atoms with Crippen LogP contribution in [0, 0.1) is 3.95 Å². The first-order valence-corrected chi connectivity index (χ1v) is 8.50. The SMILES string of the molecule is C=c1[nH]c(=S)s/c1=C\CC/C(=C\C)c1cc(NOC)ccc1N. The number of hydrogen-bond donors (Lipinski definition) is 3. The maximum absolute atomic E-state index is 6.13. The van der Waals surface area contributed by atoms with E-state index in [0.29, 0.717) is 0 Å². The minimum absolute atomic E-state index is 0.759. The number of thiazole rings is 1. The zero-order valence-corrected chi connectivity index (χ0v) is 14.9. The van der Waals surface area contributed by atoms with Gasteiger partial charge in [0.05, 0.1) is 12.8 Å². The van der Waals surface area contributed by atoms with Crippen LogP contribution in [0.2, 0.25) is 0 Å². The molecule has 0 bridgehead atoms. The molecule has 122 valence electrons. The van der Waals surface area contributed by atoms with Crippen molar-refractivity contribution in [2.45, 2.75) is 19.8 Å². The van der Waals surface area contributed by atoms with Gasteiger partial charge in [0.1, 0.15) is 0 Å². The van der Waals surface area contributed by atoms with Crippen LogP contribution in [-0.4, -0.2) is 12.1 Å². The normalized spacial score (nSPS) is 12.6. The summed E-state index contributed by atoms with van der Waals surface area (Å²) in [6.07, 6.45) is 6.05. The molecule has 4 N–H and O–H groups in total. The molecule has 0 unspecified atom stereocenters. The zero-order valence-electron chi connectivity index (χ0n) is 13.3. The molecule has 1 aromatic heterocycles. The van der Waals surface area contributed by atoms with Crippen LogP contribution in [0.3, 0.4) is 0 Å². The second-order valence-electron chi connectivity index (χ2n) is 5.02. The number of aromatic nitrogens is 1. The van der Waals surface area contributed by atoms with Gasteiger partial charge in [0.15, 0.2) is 3.95 Å². The molecule has 0 saturated carbocycles. The summed E-state index contributed by atoms with van der Waals surface area (Å²) in [4.78, 5) is 8.01. The summed E-state index contributed by atoms with van der Waals surface area (Å²) in [5, 5.41) is 0.882. The fourth-order valence-corrected chi connectivity index (χ4v) is 3.49. The van der Waals surface area contributed by atoms with Crippen LogP contribution >= 0.6 is 23.6 Å². The Hall–Kier alpha value is -1.89. The smallest absolute Gasteiger partial charge is 0.159 e. The Balaban J connectivity index is 2.19. The van der Waals surface area contributed by atoms with Crippen LogP contribution in [0.4, 0.5) is 11.4 Å². The lowest BCUT2D eigenvalue weighted by molar-refractivity contribution is 0.271. The molecule has 0 radical (unpaired) electrons. The number of aromatic amines is 1. The monoisotopic (exact) mass is 347 g/mol. The van der Waals surface area contributed by atoms with Crippen molar-refractivity contribution in [2.75, 3.05) is 18.3 Å². The number of benzene rings is 1. The molecule has 0 aliphatic rings. The second-order valence-corrected chi connectivity index (χ2v) is 6.74. The van der Waals surface area contributed by atoms with Gasteiger partial charge in [-0.1, -0.05) is 18.7 Å². The van der Waals surface area contributed by atoms with Gasteiger partial charge in [-0.15, -0.1) is 11.3 Å². The van der Waals surface area contributed by atoms with E-state index < -0.39 is 0 Å². The third-order valence-corrected chi connectivity index (χ3v) is 4.74. The summed E-state index contributed by atoms with van der Waals surface area (Å²) in [7, 11) is 1.59. The number of hydrogen-bond acceptors (Lipinski definition) is 5. The summed E-state index contributed by atoms with van der Waals surface area (Å²) in [6, 6.07) is 5.78. The average Bonchev–Trinajstić information content (AvgIpc) is 2.84. The van der Waals surface area contributed by atoms with Crippen LogP contribution < -0.4 is 21.1 Å². The summed E-state index contributed by atoms with van der Waals surface area (Å²) in [5.74, 6) is 0. The number of nitrogens with two attached hydrogens (primary N) is 1. The number of nitrogen functional groups attached to an aromatic ring is 1. The molecule has 0 saturated heterocycles. The number of allylic oxidation sites excluding steroid dienone is 2. The first-order valence-electron chi connectivity index (χ1n) is 7.27. The zero-order chi connectivity index (χ0) is 16.8. The lowest BCUT2D eigenvalue weighted by Crippen LogP contribution is -2.18. The van der Waals surface area contributed by atoms with Crippen molar-refractivity contribution >= 4 is 53.2 Å². The van der Waals surface area contributed by atoms with Gasteiger partial charge in [-0.3, -0.25) is 10.3 Å². The Morgan fingerprint density at radius 2 is 2.30 bits per heavy atom. The second kappa shape index (κ2) is 8.10. The summed E-state index contributed by atoms with van der Waals surface area (Å²) < 4.78 is 1.86. The molecule has 2 aromatic rings.